The maximum Gasteiger partial charge on any atom is 0.356 e. The molecule has 2 rings (SSSR count). The Bertz CT molecular complexity index is 513. The number of benzene rings is 1. The normalized spacial score (nSPS) is 10.4. The maximum atomic E-state index is 13.1. The number of fused-ring (bicyclic) bond motifs is 1. The largest absolute Gasteiger partial charge is 0.476 e. The molecule has 0 amide bonds. The van der Waals surface area contributed by atoms with Gasteiger partial charge in [-0.15, -0.1) is 10.2 Å². The molecule has 0 aliphatic heterocycles. The van der Waals surface area contributed by atoms with Crippen molar-refractivity contribution >= 4 is 16.9 Å². The number of rotatable bonds is 1. The molecule has 0 spiro atoms. The molecule has 0 aliphatic rings. The predicted molar refractivity (Wildman–Crippen MR) is 46.5 cm³/mol. The lowest BCUT2D eigenvalue weighted by atomic mass is 10.2. The van der Waals surface area contributed by atoms with Gasteiger partial charge in [-0.2, -0.15) is 0 Å². The van der Waals surface area contributed by atoms with E-state index in [9.17, 15) is 9.18 Å². The summed E-state index contributed by atoms with van der Waals surface area (Å²) in [4.78, 5) is 10.5. The van der Waals surface area contributed by atoms with Crippen LogP contribution in [0.1, 0.15) is 10.5 Å². The van der Waals surface area contributed by atoms with Gasteiger partial charge in [-0.1, -0.05) is 12.1 Å². The highest BCUT2D eigenvalue weighted by Gasteiger charge is 2.08. The molecule has 4 nitrogen and oxygen atoms in total. The minimum absolute atomic E-state index is 0.0810. The topological polar surface area (TPSA) is 63.1 Å². The third kappa shape index (κ3) is 1.28. The Morgan fingerprint density at radius 2 is 2.14 bits per heavy atom. The summed E-state index contributed by atoms with van der Waals surface area (Å²) in [7, 11) is 0. The van der Waals surface area contributed by atoms with Crippen molar-refractivity contribution < 1.29 is 14.3 Å². The fraction of sp³-hybridized carbons (Fsp3) is 0. The third-order valence-corrected chi connectivity index (χ3v) is 1.79. The van der Waals surface area contributed by atoms with Crippen LogP contribution in [0.3, 0.4) is 0 Å². The monoisotopic (exact) mass is 192 g/mol. The van der Waals surface area contributed by atoms with E-state index in [1.54, 1.807) is 6.07 Å². The Morgan fingerprint density at radius 1 is 1.36 bits per heavy atom. The van der Waals surface area contributed by atoms with Crippen molar-refractivity contribution in [1.82, 2.24) is 10.2 Å². The lowest BCUT2D eigenvalue weighted by molar-refractivity contribution is 0.0689. The molecule has 0 atom stereocenters. The van der Waals surface area contributed by atoms with Crippen LogP contribution in [0.5, 0.6) is 0 Å². The van der Waals surface area contributed by atoms with Crippen molar-refractivity contribution in [3.05, 3.63) is 35.8 Å². The molecule has 1 heterocycles. The Balaban J connectivity index is 2.73. The van der Waals surface area contributed by atoms with Gasteiger partial charge in [0.2, 0.25) is 0 Å². The standard InChI is InChI=1S/C9H5FN2O2/c10-6-3-1-2-5-4-7(9(13)14)11-12-8(5)6/h1-4H,(H,13,14). The summed E-state index contributed by atoms with van der Waals surface area (Å²) >= 11 is 0. The molecular formula is C9H5FN2O2. The summed E-state index contributed by atoms with van der Waals surface area (Å²) in [6.45, 7) is 0. The van der Waals surface area contributed by atoms with Crippen molar-refractivity contribution in [3.8, 4) is 0 Å². The first kappa shape index (κ1) is 8.55. The predicted octanol–water partition coefficient (Wildman–Crippen LogP) is 1.47. The number of carboxylic acids is 1. The minimum Gasteiger partial charge on any atom is -0.476 e. The number of carboxylic acid groups (broad SMARTS) is 1. The van der Waals surface area contributed by atoms with E-state index in [4.69, 9.17) is 5.11 Å². The number of carbonyl (C=O) groups is 1. The number of nitrogens with zero attached hydrogens (tertiary/aromatic N) is 2. The minimum atomic E-state index is -1.18. The van der Waals surface area contributed by atoms with Gasteiger partial charge >= 0.3 is 5.97 Å². The fourth-order valence-corrected chi connectivity index (χ4v) is 1.14. The summed E-state index contributed by atoms with van der Waals surface area (Å²) in [6, 6.07) is 5.61. The number of halogens is 1. The smallest absolute Gasteiger partial charge is 0.356 e. The maximum absolute atomic E-state index is 13.1. The number of hydrogen-bond donors (Lipinski definition) is 1. The summed E-state index contributed by atoms with van der Waals surface area (Å²) in [5, 5.41) is 15.9. The van der Waals surface area contributed by atoms with Gasteiger partial charge < -0.3 is 5.11 Å². The van der Waals surface area contributed by atoms with Gasteiger partial charge in [0.05, 0.1) is 0 Å². The van der Waals surface area contributed by atoms with Gasteiger partial charge in [0.1, 0.15) is 5.52 Å². The Kier molecular flexibility index (Phi) is 1.85. The highest BCUT2D eigenvalue weighted by atomic mass is 19.1. The van der Waals surface area contributed by atoms with E-state index in [1.807, 2.05) is 0 Å². The molecule has 70 valence electrons. The van der Waals surface area contributed by atoms with Crippen molar-refractivity contribution in [2.45, 2.75) is 0 Å². The van der Waals surface area contributed by atoms with Gasteiger partial charge in [-0.25, -0.2) is 9.18 Å². The van der Waals surface area contributed by atoms with E-state index in [0.717, 1.165) is 0 Å². The molecule has 0 aliphatic carbocycles. The van der Waals surface area contributed by atoms with Crippen LogP contribution in [0.4, 0.5) is 4.39 Å². The molecule has 0 unspecified atom stereocenters. The van der Waals surface area contributed by atoms with Crippen LogP contribution in [0.2, 0.25) is 0 Å². The summed E-state index contributed by atoms with van der Waals surface area (Å²) < 4.78 is 13.1. The molecule has 5 heteroatoms. The zero-order valence-corrected chi connectivity index (χ0v) is 6.94. The van der Waals surface area contributed by atoms with Crippen LogP contribution < -0.4 is 0 Å². The van der Waals surface area contributed by atoms with Crippen LogP contribution in [0.25, 0.3) is 10.9 Å². The van der Waals surface area contributed by atoms with Crippen molar-refractivity contribution in [3.63, 3.8) is 0 Å². The Hall–Kier alpha value is -2.04. The zero-order valence-electron chi connectivity index (χ0n) is 6.94. The van der Waals surface area contributed by atoms with Crippen molar-refractivity contribution in [2.75, 3.05) is 0 Å². The van der Waals surface area contributed by atoms with Gasteiger partial charge in [0.25, 0.3) is 0 Å². The van der Waals surface area contributed by atoms with Gasteiger partial charge in [0, 0.05) is 5.39 Å². The van der Waals surface area contributed by atoms with E-state index in [0.29, 0.717) is 5.39 Å². The van der Waals surface area contributed by atoms with E-state index >= 15 is 0 Å². The van der Waals surface area contributed by atoms with Crippen molar-refractivity contribution in [2.24, 2.45) is 0 Å². The first-order valence-electron chi connectivity index (χ1n) is 3.84. The summed E-state index contributed by atoms with van der Waals surface area (Å²) in [5.74, 6) is -1.68. The molecule has 14 heavy (non-hydrogen) atoms. The van der Waals surface area contributed by atoms with Gasteiger partial charge in [-0.3, -0.25) is 0 Å². The average Bonchev–Trinajstić information content (AvgIpc) is 2.17. The lowest BCUT2D eigenvalue weighted by Gasteiger charge is -1.97. The number of hydrogen-bond acceptors (Lipinski definition) is 3. The first-order valence-corrected chi connectivity index (χ1v) is 3.84. The molecule has 0 fully saturated rings. The molecule has 0 saturated heterocycles. The van der Waals surface area contributed by atoms with Crippen LogP contribution >= 0.6 is 0 Å². The van der Waals surface area contributed by atoms with E-state index in [2.05, 4.69) is 10.2 Å². The van der Waals surface area contributed by atoms with Gasteiger partial charge in [0.15, 0.2) is 11.5 Å². The highest BCUT2D eigenvalue weighted by molar-refractivity contribution is 5.90. The molecule has 2 aromatic rings. The summed E-state index contributed by atoms with van der Waals surface area (Å²) in [6.07, 6.45) is 0. The van der Waals surface area contributed by atoms with Crippen molar-refractivity contribution in [1.29, 1.82) is 0 Å². The number of aromatic carboxylic acids is 1. The van der Waals surface area contributed by atoms with Crippen LogP contribution in [0.15, 0.2) is 24.3 Å². The fourth-order valence-electron chi connectivity index (χ4n) is 1.14. The second-order valence-electron chi connectivity index (χ2n) is 2.71. The molecule has 0 saturated carbocycles. The third-order valence-electron chi connectivity index (χ3n) is 1.79. The SMILES string of the molecule is O=C(O)c1cc2cccc(F)c2nn1. The van der Waals surface area contributed by atoms with E-state index < -0.39 is 11.8 Å². The van der Waals surface area contributed by atoms with E-state index in [-0.39, 0.29) is 11.2 Å². The molecule has 1 aromatic heterocycles. The number of aromatic nitrogens is 2. The van der Waals surface area contributed by atoms with Crippen LogP contribution in [-0.2, 0) is 0 Å². The van der Waals surface area contributed by atoms with Crippen LogP contribution in [-0.4, -0.2) is 21.3 Å². The highest BCUT2D eigenvalue weighted by Crippen LogP contribution is 2.14. The quantitative estimate of drug-likeness (QED) is 0.743. The Morgan fingerprint density at radius 3 is 2.86 bits per heavy atom. The molecular weight excluding hydrogens is 187 g/mol. The second kappa shape index (κ2) is 3.02. The zero-order chi connectivity index (χ0) is 10.1. The average molecular weight is 192 g/mol. The molecule has 1 aromatic carbocycles. The molecule has 1 N–H and O–H groups in total. The summed E-state index contributed by atoms with van der Waals surface area (Å²) in [5.41, 5.74) is -0.111. The molecule has 0 bridgehead atoms. The van der Waals surface area contributed by atoms with E-state index in [1.165, 1.54) is 18.2 Å². The first-order chi connectivity index (χ1) is 6.68. The molecule has 0 radical (unpaired) electrons. The lowest BCUT2D eigenvalue weighted by Crippen LogP contribution is -2.02. The second-order valence-corrected chi connectivity index (χ2v) is 2.71. The Labute approximate surface area is 78.0 Å². The van der Waals surface area contributed by atoms with Crippen LogP contribution in [0, 0.1) is 5.82 Å². The van der Waals surface area contributed by atoms with Gasteiger partial charge in [-0.05, 0) is 12.1 Å².